The van der Waals surface area contributed by atoms with Crippen LogP contribution in [0.1, 0.15) is 23.6 Å². The van der Waals surface area contributed by atoms with Crippen LogP contribution >= 0.6 is 39.1 Å². The zero-order valence-corrected chi connectivity index (χ0v) is 21.6. The van der Waals surface area contributed by atoms with E-state index < -0.39 is 5.91 Å². The number of nitriles is 1. The molecule has 8 heteroatoms. The van der Waals surface area contributed by atoms with E-state index in [1.54, 1.807) is 49.4 Å². The third-order valence-electron chi connectivity index (χ3n) is 4.85. The SMILES string of the molecule is CCOc1cc(/C=C(\C#N)C(=O)Nc2cccc(Cl)c2C)c(Br)cc1OCc1ccc(Cl)cc1. The lowest BCUT2D eigenvalue weighted by molar-refractivity contribution is -0.112. The molecule has 34 heavy (non-hydrogen) atoms. The standard InChI is InChI=1S/C26H21BrCl2N2O3/c1-3-33-24-12-18(21(27)13-25(24)34-15-17-7-9-20(28)10-8-17)11-19(14-30)26(32)31-23-6-4-5-22(29)16(23)2/h4-13H,3,15H2,1-2H3,(H,31,32)/b19-11+. The first-order valence-electron chi connectivity index (χ1n) is 10.3. The number of rotatable bonds is 8. The van der Waals surface area contributed by atoms with Crippen molar-refractivity contribution < 1.29 is 14.3 Å². The Bertz CT molecular complexity index is 1270. The summed E-state index contributed by atoms with van der Waals surface area (Å²) in [7, 11) is 0. The van der Waals surface area contributed by atoms with Crippen molar-refractivity contribution in [3.05, 3.63) is 91.4 Å². The van der Waals surface area contributed by atoms with E-state index in [4.69, 9.17) is 32.7 Å². The average Bonchev–Trinajstić information content (AvgIpc) is 2.82. The molecule has 0 heterocycles. The molecule has 0 saturated carbocycles. The van der Waals surface area contributed by atoms with E-state index in [2.05, 4.69) is 21.2 Å². The Labute approximate surface area is 217 Å². The molecule has 0 aliphatic heterocycles. The van der Waals surface area contributed by atoms with Crippen LogP contribution in [0.15, 0.2) is 64.6 Å². The Morgan fingerprint density at radius 2 is 1.82 bits per heavy atom. The highest BCUT2D eigenvalue weighted by molar-refractivity contribution is 9.10. The van der Waals surface area contributed by atoms with Crippen molar-refractivity contribution in [1.82, 2.24) is 0 Å². The zero-order chi connectivity index (χ0) is 24.7. The summed E-state index contributed by atoms with van der Waals surface area (Å²) in [4.78, 5) is 12.8. The van der Waals surface area contributed by atoms with Crippen LogP contribution in [0.2, 0.25) is 10.0 Å². The summed E-state index contributed by atoms with van der Waals surface area (Å²) in [5.74, 6) is 0.480. The second-order valence-electron chi connectivity index (χ2n) is 7.20. The van der Waals surface area contributed by atoms with Gasteiger partial charge in [-0.25, -0.2) is 0 Å². The van der Waals surface area contributed by atoms with Gasteiger partial charge >= 0.3 is 0 Å². The molecule has 0 bridgehead atoms. The first-order valence-corrected chi connectivity index (χ1v) is 11.9. The molecule has 5 nitrogen and oxygen atoms in total. The van der Waals surface area contributed by atoms with Crippen molar-refractivity contribution in [3.8, 4) is 17.6 Å². The number of carbonyl (C=O) groups excluding carboxylic acids is 1. The number of ether oxygens (including phenoxy) is 2. The lowest BCUT2D eigenvalue weighted by Gasteiger charge is -2.14. The molecule has 0 aliphatic rings. The molecule has 3 aromatic carbocycles. The molecule has 0 aromatic heterocycles. The fourth-order valence-electron chi connectivity index (χ4n) is 3.02. The number of hydrogen-bond acceptors (Lipinski definition) is 4. The van der Waals surface area contributed by atoms with E-state index >= 15 is 0 Å². The second-order valence-corrected chi connectivity index (χ2v) is 8.90. The zero-order valence-electron chi connectivity index (χ0n) is 18.5. The number of anilines is 1. The van der Waals surface area contributed by atoms with Crippen molar-refractivity contribution in [2.75, 3.05) is 11.9 Å². The van der Waals surface area contributed by atoms with Crippen LogP contribution in [-0.2, 0) is 11.4 Å². The van der Waals surface area contributed by atoms with Crippen LogP contribution < -0.4 is 14.8 Å². The monoisotopic (exact) mass is 558 g/mol. The highest BCUT2D eigenvalue weighted by Crippen LogP contribution is 2.35. The van der Waals surface area contributed by atoms with Gasteiger partial charge in [0.1, 0.15) is 18.2 Å². The smallest absolute Gasteiger partial charge is 0.266 e. The maximum absolute atomic E-state index is 12.8. The summed E-state index contributed by atoms with van der Waals surface area (Å²) < 4.78 is 12.3. The van der Waals surface area contributed by atoms with Crippen LogP contribution in [0.25, 0.3) is 6.08 Å². The molecule has 174 valence electrons. The van der Waals surface area contributed by atoms with Gasteiger partial charge in [-0.1, -0.05) is 57.3 Å². The summed E-state index contributed by atoms with van der Waals surface area (Å²) >= 11 is 15.6. The minimum Gasteiger partial charge on any atom is -0.490 e. The van der Waals surface area contributed by atoms with Gasteiger partial charge in [-0.2, -0.15) is 5.26 Å². The van der Waals surface area contributed by atoms with Gasteiger partial charge in [0.05, 0.1) is 6.61 Å². The van der Waals surface area contributed by atoms with Gasteiger partial charge in [0, 0.05) is 20.2 Å². The summed E-state index contributed by atoms with van der Waals surface area (Å²) in [6.45, 7) is 4.40. The van der Waals surface area contributed by atoms with Crippen LogP contribution in [0, 0.1) is 18.3 Å². The van der Waals surface area contributed by atoms with Crippen LogP contribution in [0.5, 0.6) is 11.5 Å². The lowest BCUT2D eigenvalue weighted by atomic mass is 10.1. The van der Waals surface area contributed by atoms with E-state index in [-0.39, 0.29) is 5.57 Å². The number of halogens is 3. The first kappa shape index (κ1) is 25.6. The quantitative estimate of drug-likeness (QED) is 0.228. The van der Waals surface area contributed by atoms with Crippen molar-refractivity contribution in [2.24, 2.45) is 0 Å². The molecule has 0 radical (unpaired) electrons. The largest absolute Gasteiger partial charge is 0.490 e. The number of nitrogens with one attached hydrogen (secondary N) is 1. The number of amides is 1. The van der Waals surface area contributed by atoms with Gasteiger partial charge in [-0.15, -0.1) is 0 Å². The molecule has 1 N–H and O–H groups in total. The van der Waals surface area contributed by atoms with Gasteiger partial charge in [0.2, 0.25) is 0 Å². The number of nitrogens with zero attached hydrogens (tertiary/aromatic N) is 1. The fourth-order valence-corrected chi connectivity index (χ4v) is 3.76. The van der Waals surface area contributed by atoms with E-state index in [0.29, 0.717) is 50.5 Å². The Hall–Kier alpha value is -2.98. The van der Waals surface area contributed by atoms with Gasteiger partial charge in [-0.05, 0) is 73.0 Å². The highest BCUT2D eigenvalue weighted by atomic mass is 79.9. The summed E-state index contributed by atoms with van der Waals surface area (Å²) in [5.41, 5.74) is 2.73. The molecule has 0 saturated heterocycles. The second kappa shape index (κ2) is 11.9. The van der Waals surface area contributed by atoms with E-state index in [9.17, 15) is 10.1 Å². The topological polar surface area (TPSA) is 71.3 Å². The van der Waals surface area contributed by atoms with Crippen molar-refractivity contribution >= 4 is 56.8 Å². The number of benzene rings is 3. The molecule has 0 spiro atoms. The van der Waals surface area contributed by atoms with Gasteiger partial charge in [0.25, 0.3) is 5.91 Å². The Morgan fingerprint density at radius 3 is 2.50 bits per heavy atom. The molecular weight excluding hydrogens is 539 g/mol. The predicted octanol–water partition coefficient (Wildman–Crippen LogP) is 7.59. The van der Waals surface area contributed by atoms with E-state index in [1.807, 2.05) is 25.1 Å². The lowest BCUT2D eigenvalue weighted by Crippen LogP contribution is -2.14. The summed E-state index contributed by atoms with van der Waals surface area (Å²) in [6, 6.07) is 18.0. The third kappa shape index (κ3) is 6.54. The Balaban J connectivity index is 1.86. The molecular formula is C26H21BrCl2N2O3. The highest BCUT2D eigenvalue weighted by Gasteiger charge is 2.15. The normalized spacial score (nSPS) is 11.0. The molecule has 0 unspecified atom stereocenters. The van der Waals surface area contributed by atoms with Crippen molar-refractivity contribution in [1.29, 1.82) is 5.26 Å². The Kier molecular flexibility index (Phi) is 9.00. The summed E-state index contributed by atoms with van der Waals surface area (Å²) in [5, 5.41) is 13.5. The van der Waals surface area contributed by atoms with Gasteiger partial charge < -0.3 is 14.8 Å². The van der Waals surface area contributed by atoms with Gasteiger partial charge in [0.15, 0.2) is 11.5 Å². The predicted molar refractivity (Wildman–Crippen MR) is 140 cm³/mol. The minimum atomic E-state index is -0.541. The van der Waals surface area contributed by atoms with Crippen molar-refractivity contribution in [3.63, 3.8) is 0 Å². The maximum atomic E-state index is 12.8. The molecule has 0 aliphatic carbocycles. The van der Waals surface area contributed by atoms with Crippen LogP contribution in [0.4, 0.5) is 5.69 Å². The third-order valence-corrected chi connectivity index (χ3v) is 6.20. The maximum Gasteiger partial charge on any atom is 0.266 e. The van der Waals surface area contributed by atoms with Crippen LogP contribution in [-0.4, -0.2) is 12.5 Å². The van der Waals surface area contributed by atoms with E-state index in [0.717, 1.165) is 11.1 Å². The number of carbonyl (C=O) groups is 1. The fraction of sp³-hybridized carbons (Fsp3) is 0.154. The van der Waals surface area contributed by atoms with E-state index in [1.165, 1.54) is 6.08 Å². The molecule has 0 fully saturated rings. The summed E-state index contributed by atoms with van der Waals surface area (Å²) in [6.07, 6.45) is 1.49. The first-order chi connectivity index (χ1) is 16.3. The molecule has 1 amide bonds. The molecule has 0 atom stereocenters. The average molecular weight is 560 g/mol. The van der Waals surface area contributed by atoms with Gasteiger partial charge in [-0.3, -0.25) is 4.79 Å². The van der Waals surface area contributed by atoms with Crippen molar-refractivity contribution in [2.45, 2.75) is 20.5 Å². The van der Waals surface area contributed by atoms with Crippen LogP contribution in [0.3, 0.4) is 0 Å². The molecule has 3 rings (SSSR count). The molecule has 3 aromatic rings. The number of hydrogen-bond donors (Lipinski definition) is 1. The minimum absolute atomic E-state index is 0.0719. The Morgan fingerprint density at radius 1 is 1.12 bits per heavy atom.